The molecule has 0 spiro atoms. The van der Waals surface area contributed by atoms with Crippen LogP contribution in [0, 0.1) is 17.7 Å². The Kier molecular flexibility index (Phi) is 4.46. The van der Waals surface area contributed by atoms with Crippen molar-refractivity contribution in [3.05, 3.63) is 29.6 Å². The van der Waals surface area contributed by atoms with E-state index in [-0.39, 0.29) is 11.9 Å². The smallest absolute Gasteiger partial charge is 0.130 e. The average molecular weight is 264 g/mol. The minimum atomic E-state index is -0.110. The molecule has 3 unspecified atom stereocenters. The van der Waals surface area contributed by atoms with E-state index >= 15 is 0 Å². The normalized spacial score (nSPS) is 23.2. The van der Waals surface area contributed by atoms with E-state index < -0.39 is 0 Å². The van der Waals surface area contributed by atoms with Crippen LogP contribution in [0.5, 0.6) is 0 Å². The molecule has 19 heavy (non-hydrogen) atoms. The van der Waals surface area contributed by atoms with Crippen LogP contribution < -0.4 is 10.2 Å². The number of nitrogens with zero attached hydrogens (tertiary/aromatic N) is 1. The molecule has 3 atom stereocenters. The highest BCUT2D eigenvalue weighted by Gasteiger charge is 2.33. The number of benzene rings is 1. The maximum absolute atomic E-state index is 14.1. The van der Waals surface area contributed by atoms with E-state index in [1.165, 1.54) is 6.42 Å². The van der Waals surface area contributed by atoms with Gasteiger partial charge in [0.15, 0.2) is 0 Å². The molecule has 3 heteroatoms. The number of nitrogens with one attached hydrogen (secondary N) is 1. The highest BCUT2D eigenvalue weighted by Crippen LogP contribution is 2.39. The summed E-state index contributed by atoms with van der Waals surface area (Å²) < 4.78 is 14.1. The second-order valence-electron chi connectivity index (χ2n) is 5.81. The molecule has 2 nitrogen and oxygen atoms in total. The first-order valence-electron chi connectivity index (χ1n) is 7.27. The van der Waals surface area contributed by atoms with Crippen molar-refractivity contribution >= 4 is 5.69 Å². The zero-order valence-corrected chi connectivity index (χ0v) is 12.4. The van der Waals surface area contributed by atoms with Gasteiger partial charge in [-0.25, -0.2) is 4.39 Å². The first-order chi connectivity index (χ1) is 9.04. The lowest BCUT2D eigenvalue weighted by molar-refractivity contribution is 0.539. The lowest BCUT2D eigenvalue weighted by Crippen LogP contribution is -2.26. The summed E-state index contributed by atoms with van der Waals surface area (Å²) in [5, 5.41) is 3.31. The van der Waals surface area contributed by atoms with Gasteiger partial charge in [0.25, 0.3) is 0 Å². The molecule has 1 aliphatic rings. The van der Waals surface area contributed by atoms with Gasteiger partial charge in [0.2, 0.25) is 0 Å². The Morgan fingerprint density at radius 3 is 2.74 bits per heavy atom. The van der Waals surface area contributed by atoms with Crippen molar-refractivity contribution < 1.29 is 4.39 Å². The summed E-state index contributed by atoms with van der Waals surface area (Å²) in [5.41, 5.74) is 1.81. The van der Waals surface area contributed by atoms with Crippen molar-refractivity contribution in [2.24, 2.45) is 11.8 Å². The third-order valence-corrected chi connectivity index (χ3v) is 4.17. The number of hydrogen-bond donors (Lipinski definition) is 1. The van der Waals surface area contributed by atoms with Crippen LogP contribution in [0.3, 0.4) is 0 Å². The second kappa shape index (κ2) is 5.91. The van der Waals surface area contributed by atoms with Gasteiger partial charge in [0.05, 0.1) is 0 Å². The van der Waals surface area contributed by atoms with E-state index in [4.69, 9.17) is 0 Å². The van der Waals surface area contributed by atoms with Crippen LogP contribution in [-0.2, 0) is 0 Å². The monoisotopic (exact) mass is 264 g/mol. The third-order valence-electron chi connectivity index (χ3n) is 4.17. The second-order valence-corrected chi connectivity index (χ2v) is 5.81. The van der Waals surface area contributed by atoms with Crippen LogP contribution in [0.15, 0.2) is 18.2 Å². The summed E-state index contributed by atoms with van der Waals surface area (Å²) in [6, 6.07) is 5.43. The molecule has 1 saturated carbocycles. The van der Waals surface area contributed by atoms with Crippen molar-refractivity contribution in [2.45, 2.75) is 33.2 Å². The molecule has 0 radical (unpaired) electrons. The summed E-state index contributed by atoms with van der Waals surface area (Å²) >= 11 is 0. The fourth-order valence-corrected chi connectivity index (χ4v) is 2.80. The predicted molar refractivity (Wildman–Crippen MR) is 79.0 cm³/mol. The first-order valence-corrected chi connectivity index (χ1v) is 7.27. The van der Waals surface area contributed by atoms with Crippen LogP contribution >= 0.6 is 0 Å². The standard InChI is InChI=1S/C16H25FN2/c1-5-18-12(3)16-14(17)7-6-8-15(16)19(4)10-13-9-11(13)2/h6-8,11-13,18H,5,9-10H2,1-4H3. The molecular weight excluding hydrogens is 239 g/mol. The maximum atomic E-state index is 14.1. The Morgan fingerprint density at radius 2 is 2.16 bits per heavy atom. The molecule has 0 amide bonds. The van der Waals surface area contributed by atoms with Gasteiger partial charge in [-0.1, -0.05) is 19.9 Å². The van der Waals surface area contributed by atoms with Crippen LogP contribution in [-0.4, -0.2) is 20.1 Å². The molecule has 1 aliphatic carbocycles. The van der Waals surface area contributed by atoms with Crippen molar-refractivity contribution in [3.63, 3.8) is 0 Å². The van der Waals surface area contributed by atoms with Gasteiger partial charge in [-0.3, -0.25) is 0 Å². The molecule has 1 aromatic carbocycles. The summed E-state index contributed by atoms with van der Waals surface area (Å²) in [5.74, 6) is 1.49. The zero-order chi connectivity index (χ0) is 14.0. The van der Waals surface area contributed by atoms with Gasteiger partial charge in [0, 0.05) is 30.9 Å². The quantitative estimate of drug-likeness (QED) is 0.844. The highest BCUT2D eigenvalue weighted by molar-refractivity contribution is 5.55. The van der Waals surface area contributed by atoms with Gasteiger partial charge in [-0.2, -0.15) is 0 Å². The maximum Gasteiger partial charge on any atom is 0.130 e. The lowest BCUT2D eigenvalue weighted by Gasteiger charge is -2.26. The summed E-state index contributed by atoms with van der Waals surface area (Å²) in [6.07, 6.45) is 1.30. The molecule has 2 rings (SSSR count). The SMILES string of the molecule is CCNC(C)c1c(F)cccc1N(C)CC1CC1C. The van der Waals surface area contributed by atoms with Crippen LogP contribution in [0.25, 0.3) is 0 Å². The molecular formula is C16H25FN2. The Balaban J connectivity index is 2.20. The highest BCUT2D eigenvalue weighted by atomic mass is 19.1. The Morgan fingerprint density at radius 1 is 1.47 bits per heavy atom. The minimum absolute atomic E-state index is 0.0419. The molecule has 1 N–H and O–H groups in total. The Bertz CT molecular complexity index is 433. The third kappa shape index (κ3) is 3.27. The largest absolute Gasteiger partial charge is 0.374 e. The Labute approximate surface area is 116 Å². The van der Waals surface area contributed by atoms with E-state index in [2.05, 4.69) is 24.2 Å². The van der Waals surface area contributed by atoms with Gasteiger partial charge in [-0.15, -0.1) is 0 Å². The van der Waals surface area contributed by atoms with Gasteiger partial charge in [-0.05, 0) is 43.9 Å². The molecule has 0 heterocycles. The first kappa shape index (κ1) is 14.3. The average Bonchev–Trinajstić information content (AvgIpc) is 3.04. The van der Waals surface area contributed by atoms with E-state index in [1.54, 1.807) is 12.1 Å². The number of hydrogen-bond acceptors (Lipinski definition) is 2. The topological polar surface area (TPSA) is 15.3 Å². The van der Waals surface area contributed by atoms with Crippen molar-refractivity contribution in [1.29, 1.82) is 0 Å². The number of halogens is 1. The molecule has 1 fully saturated rings. The van der Waals surface area contributed by atoms with E-state index in [0.29, 0.717) is 0 Å². The molecule has 106 valence electrons. The van der Waals surface area contributed by atoms with Crippen molar-refractivity contribution in [1.82, 2.24) is 5.32 Å². The van der Waals surface area contributed by atoms with E-state index in [1.807, 2.05) is 19.9 Å². The zero-order valence-electron chi connectivity index (χ0n) is 12.4. The summed E-state index contributed by atoms with van der Waals surface area (Å²) in [6.45, 7) is 8.23. The van der Waals surface area contributed by atoms with Crippen LogP contribution in [0.4, 0.5) is 10.1 Å². The minimum Gasteiger partial charge on any atom is -0.374 e. The van der Waals surface area contributed by atoms with E-state index in [9.17, 15) is 4.39 Å². The lowest BCUT2D eigenvalue weighted by atomic mass is 10.0. The number of rotatable bonds is 6. The summed E-state index contributed by atoms with van der Waals surface area (Å²) in [4.78, 5) is 2.21. The summed E-state index contributed by atoms with van der Waals surface area (Å²) in [7, 11) is 2.07. The van der Waals surface area contributed by atoms with E-state index in [0.717, 1.165) is 36.2 Å². The van der Waals surface area contributed by atoms with Crippen molar-refractivity contribution in [3.8, 4) is 0 Å². The van der Waals surface area contributed by atoms with Gasteiger partial charge >= 0.3 is 0 Å². The molecule has 0 bridgehead atoms. The predicted octanol–water partition coefficient (Wildman–Crippen LogP) is 3.59. The fraction of sp³-hybridized carbons (Fsp3) is 0.625. The molecule has 1 aromatic rings. The van der Waals surface area contributed by atoms with Gasteiger partial charge < -0.3 is 10.2 Å². The number of anilines is 1. The molecule has 0 aromatic heterocycles. The van der Waals surface area contributed by atoms with Crippen LogP contribution in [0.1, 0.15) is 38.8 Å². The Hall–Kier alpha value is -1.09. The van der Waals surface area contributed by atoms with Crippen LogP contribution in [0.2, 0.25) is 0 Å². The van der Waals surface area contributed by atoms with Crippen molar-refractivity contribution in [2.75, 3.05) is 25.0 Å². The molecule has 0 saturated heterocycles. The molecule has 0 aliphatic heterocycles. The van der Waals surface area contributed by atoms with Gasteiger partial charge in [0.1, 0.15) is 5.82 Å². The fourth-order valence-electron chi connectivity index (χ4n) is 2.80.